The van der Waals surface area contributed by atoms with Gasteiger partial charge >= 0.3 is 5.97 Å². The molecule has 82 valence electrons. The van der Waals surface area contributed by atoms with Crippen LogP contribution in [0, 0.1) is 0 Å². The van der Waals surface area contributed by atoms with E-state index in [1.54, 1.807) is 30.3 Å². The second-order valence-corrected chi connectivity index (χ2v) is 1.67. The van der Waals surface area contributed by atoms with Crippen LogP contribution in [0.25, 0.3) is 0 Å². The monoisotopic (exact) mass is 314 g/mol. The average molecular weight is 316 g/mol. The van der Waals surface area contributed by atoms with E-state index in [1.807, 2.05) is 0 Å². The molecular weight excluding hydrogens is 306 g/mol. The summed E-state index contributed by atoms with van der Waals surface area (Å²) in [7, 11) is 0. The van der Waals surface area contributed by atoms with Gasteiger partial charge in [0.05, 0.1) is 5.56 Å². The summed E-state index contributed by atoms with van der Waals surface area (Å²) in [5.74, 6) is -0.879. The van der Waals surface area contributed by atoms with Crippen LogP contribution in [0.5, 0.6) is 0 Å². The number of halogens is 4. The van der Waals surface area contributed by atoms with Crippen molar-refractivity contribution in [3.8, 4) is 0 Å². The minimum absolute atomic E-state index is 0. The first-order valence-electron chi connectivity index (χ1n) is 2.59. The van der Waals surface area contributed by atoms with Crippen molar-refractivity contribution in [3.63, 3.8) is 0 Å². The van der Waals surface area contributed by atoms with Gasteiger partial charge in [-0.25, -0.2) is 4.79 Å². The van der Waals surface area contributed by atoms with E-state index >= 15 is 0 Å². The van der Waals surface area contributed by atoms with Gasteiger partial charge in [0.1, 0.15) is 0 Å². The van der Waals surface area contributed by atoms with E-state index in [0.29, 0.717) is 5.56 Å². The van der Waals surface area contributed by atoms with E-state index < -0.39 is 5.97 Å². The molecule has 1 N–H and O–H groups in total. The van der Waals surface area contributed by atoms with Gasteiger partial charge < -0.3 is 5.11 Å². The van der Waals surface area contributed by atoms with Crippen molar-refractivity contribution < 1.29 is 31.6 Å². The van der Waals surface area contributed by atoms with Gasteiger partial charge in [0, 0.05) is 21.7 Å². The standard InChI is InChI=1S/C7H6O2.4ClH.Ti/c8-7(9)6-4-2-1-3-5-6;;;;;/h1-5H,(H,8,9);4*1H;. The second kappa shape index (κ2) is 16.0. The maximum Gasteiger partial charge on any atom is 0.335 e. The summed E-state index contributed by atoms with van der Waals surface area (Å²) in [5.41, 5.74) is 0.331. The van der Waals surface area contributed by atoms with Crippen molar-refractivity contribution in [2.24, 2.45) is 0 Å². The Kier molecular flexibility index (Phi) is 33.5. The normalized spacial score (nSPS) is 5.71. The Morgan fingerprint density at radius 2 is 1.29 bits per heavy atom. The molecule has 0 aromatic heterocycles. The molecule has 0 aliphatic heterocycles. The molecule has 2 nitrogen and oxygen atoms in total. The predicted molar refractivity (Wildman–Crippen MR) is 62.4 cm³/mol. The van der Waals surface area contributed by atoms with Gasteiger partial charge in [-0.1, -0.05) is 18.2 Å². The number of hydrogen-bond acceptors (Lipinski definition) is 1. The number of benzene rings is 1. The Morgan fingerprint density at radius 3 is 1.50 bits per heavy atom. The topological polar surface area (TPSA) is 37.3 Å². The van der Waals surface area contributed by atoms with Crippen LogP contribution in [0.2, 0.25) is 0 Å². The molecule has 0 atom stereocenters. The van der Waals surface area contributed by atoms with Crippen molar-refractivity contribution in [1.29, 1.82) is 0 Å². The van der Waals surface area contributed by atoms with Crippen molar-refractivity contribution in [2.45, 2.75) is 0 Å². The zero-order valence-corrected chi connectivity index (χ0v) is 11.7. The number of rotatable bonds is 1. The van der Waals surface area contributed by atoms with Crippen LogP contribution >= 0.6 is 49.6 Å². The molecule has 0 fully saturated rings. The smallest absolute Gasteiger partial charge is 0.335 e. The van der Waals surface area contributed by atoms with Gasteiger partial charge in [0.25, 0.3) is 0 Å². The molecule has 0 saturated heterocycles. The van der Waals surface area contributed by atoms with Gasteiger partial charge in [-0.05, 0) is 12.1 Å². The summed E-state index contributed by atoms with van der Waals surface area (Å²) >= 11 is 0. The van der Waals surface area contributed by atoms with Crippen LogP contribution in [0.3, 0.4) is 0 Å². The van der Waals surface area contributed by atoms with Crippen molar-refractivity contribution >= 4 is 55.6 Å². The van der Waals surface area contributed by atoms with E-state index in [1.165, 1.54) is 0 Å². The molecule has 1 aromatic carbocycles. The minimum atomic E-state index is -0.879. The van der Waals surface area contributed by atoms with Crippen LogP contribution < -0.4 is 0 Å². The second-order valence-electron chi connectivity index (χ2n) is 1.67. The van der Waals surface area contributed by atoms with Crippen molar-refractivity contribution in [1.82, 2.24) is 0 Å². The van der Waals surface area contributed by atoms with Crippen LogP contribution in [0.4, 0.5) is 0 Å². The van der Waals surface area contributed by atoms with Crippen LogP contribution in [-0.4, -0.2) is 11.1 Å². The molecule has 0 amide bonds. The van der Waals surface area contributed by atoms with Crippen molar-refractivity contribution in [3.05, 3.63) is 35.9 Å². The molecule has 0 aliphatic carbocycles. The Balaban J connectivity index is -0.0000000540. The van der Waals surface area contributed by atoms with Crippen molar-refractivity contribution in [2.75, 3.05) is 0 Å². The van der Waals surface area contributed by atoms with Gasteiger partial charge in [-0.15, -0.1) is 49.6 Å². The summed E-state index contributed by atoms with van der Waals surface area (Å²) in [6, 6.07) is 8.30. The fourth-order valence-electron chi connectivity index (χ4n) is 0.581. The van der Waals surface area contributed by atoms with Crippen LogP contribution in [0.1, 0.15) is 10.4 Å². The Morgan fingerprint density at radius 1 is 0.929 bits per heavy atom. The Labute approximate surface area is 122 Å². The predicted octanol–water partition coefficient (Wildman–Crippen LogP) is 3.07. The third kappa shape index (κ3) is 10.6. The van der Waals surface area contributed by atoms with Gasteiger partial charge in [0.15, 0.2) is 0 Å². The number of carbonyl (C=O) groups is 1. The van der Waals surface area contributed by atoms with Crippen LogP contribution in [0.15, 0.2) is 30.3 Å². The molecule has 0 radical (unpaired) electrons. The molecule has 0 spiro atoms. The molecule has 0 aliphatic rings. The molecule has 1 aromatic rings. The van der Waals surface area contributed by atoms with Gasteiger partial charge in [0.2, 0.25) is 0 Å². The molecular formula is C7H10Cl4O2Ti. The summed E-state index contributed by atoms with van der Waals surface area (Å²) < 4.78 is 0. The molecule has 0 bridgehead atoms. The largest absolute Gasteiger partial charge is 0.478 e. The summed E-state index contributed by atoms with van der Waals surface area (Å²) in [6.45, 7) is 0. The molecule has 0 unspecified atom stereocenters. The fourth-order valence-corrected chi connectivity index (χ4v) is 0.581. The third-order valence-electron chi connectivity index (χ3n) is 1.02. The zero-order valence-electron chi connectivity index (χ0n) is 6.88. The number of carboxylic acid groups (broad SMARTS) is 1. The zero-order chi connectivity index (χ0) is 6.69. The first kappa shape index (κ1) is 29.3. The maximum atomic E-state index is 10.2. The number of carboxylic acids is 1. The van der Waals surface area contributed by atoms with Gasteiger partial charge in [-0.2, -0.15) is 0 Å². The van der Waals surface area contributed by atoms with E-state index in [4.69, 9.17) is 5.11 Å². The number of hydrogen-bond donors (Lipinski definition) is 1. The van der Waals surface area contributed by atoms with Gasteiger partial charge in [-0.3, -0.25) is 0 Å². The minimum Gasteiger partial charge on any atom is -0.478 e. The average Bonchev–Trinajstić information content (AvgIpc) is 1.90. The fraction of sp³-hybridized carbons (Fsp3) is 0. The first-order valence-corrected chi connectivity index (χ1v) is 2.59. The molecule has 14 heavy (non-hydrogen) atoms. The Bertz CT molecular complexity index is 220. The SMILES string of the molecule is Cl.Cl.Cl.Cl.O=C(O)c1ccccc1.[Ti]. The quantitative estimate of drug-likeness (QED) is 0.809. The third-order valence-corrected chi connectivity index (χ3v) is 1.02. The summed E-state index contributed by atoms with van der Waals surface area (Å²) in [5, 5.41) is 8.38. The van der Waals surface area contributed by atoms with E-state index in [9.17, 15) is 4.79 Å². The van der Waals surface area contributed by atoms with E-state index in [2.05, 4.69) is 0 Å². The van der Waals surface area contributed by atoms with E-state index in [-0.39, 0.29) is 71.3 Å². The van der Waals surface area contributed by atoms with Crippen LogP contribution in [-0.2, 0) is 21.7 Å². The molecule has 1 rings (SSSR count). The Hall–Kier alpha value is 0.564. The molecule has 0 saturated carbocycles. The first-order chi connectivity index (χ1) is 4.30. The molecule has 0 heterocycles. The summed E-state index contributed by atoms with van der Waals surface area (Å²) in [4.78, 5) is 10.2. The number of aromatic carboxylic acids is 1. The molecule has 7 heteroatoms. The van der Waals surface area contributed by atoms with E-state index in [0.717, 1.165) is 0 Å². The maximum absolute atomic E-state index is 10.2. The summed E-state index contributed by atoms with van der Waals surface area (Å²) in [6.07, 6.45) is 0.